The number of nitrogens with zero attached hydrogens (tertiary/aromatic N) is 1. The standard InChI is InChI=1S/C15H24N2O3S/c1-5-10-17(4)21(19,20)14-9-7-8-13(11-14)15(18)16-12(3)6-2/h7-9,11-12H,5-6,10H2,1-4H3,(H,16,18). The Morgan fingerprint density at radius 3 is 2.57 bits per heavy atom. The average Bonchev–Trinajstić information content (AvgIpc) is 2.47. The molecule has 1 N–H and O–H groups in total. The second-order valence-corrected chi connectivity index (χ2v) is 7.18. The van der Waals surface area contributed by atoms with Crippen molar-refractivity contribution in [2.45, 2.75) is 44.6 Å². The van der Waals surface area contributed by atoms with Crippen LogP contribution in [0.2, 0.25) is 0 Å². The smallest absolute Gasteiger partial charge is 0.251 e. The first-order valence-corrected chi connectivity index (χ1v) is 8.64. The van der Waals surface area contributed by atoms with Gasteiger partial charge in [-0.05, 0) is 38.0 Å². The molecule has 21 heavy (non-hydrogen) atoms. The van der Waals surface area contributed by atoms with Crippen molar-refractivity contribution in [2.24, 2.45) is 0 Å². The number of nitrogens with one attached hydrogen (secondary N) is 1. The summed E-state index contributed by atoms with van der Waals surface area (Å²) in [5.74, 6) is -0.250. The van der Waals surface area contributed by atoms with Crippen LogP contribution in [0.3, 0.4) is 0 Å². The van der Waals surface area contributed by atoms with Crippen LogP contribution in [0.5, 0.6) is 0 Å². The van der Waals surface area contributed by atoms with E-state index in [9.17, 15) is 13.2 Å². The number of rotatable bonds is 7. The van der Waals surface area contributed by atoms with Crippen LogP contribution >= 0.6 is 0 Å². The Morgan fingerprint density at radius 1 is 1.33 bits per heavy atom. The fourth-order valence-corrected chi connectivity index (χ4v) is 3.13. The molecule has 5 nitrogen and oxygen atoms in total. The molecular formula is C15H24N2O3S. The lowest BCUT2D eigenvalue weighted by Crippen LogP contribution is -2.32. The van der Waals surface area contributed by atoms with Gasteiger partial charge in [0.05, 0.1) is 4.90 Å². The molecule has 1 aromatic carbocycles. The van der Waals surface area contributed by atoms with E-state index in [0.717, 1.165) is 12.8 Å². The number of amides is 1. The molecule has 0 aliphatic carbocycles. The molecule has 1 unspecified atom stereocenters. The van der Waals surface area contributed by atoms with Crippen molar-refractivity contribution < 1.29 is 13.2 Å². The van der Waals surface area contributed by atoms with E-state index in [4.69, 9.17) is 0 Å². The Labute approximate surface area is 127 Å². The van der Waals surface area contributed by atoms with E-state index < -0.39 is 10.0 Å². The molecule has 0 aliphatic heterocycles. The monoisotopic (exact) mass is 312 g/mol. The first-order chi connectivity index (χ1) is 9.82. The molecule has 1 atom stereocenters. The van der Waals surface area contributed by atoms with Gasteiger partial charge >= 0.3 is 0 Å². The van der Waals surface area contributed by atoms with E-state index in [-0.39, 0.29) is 16.8 Å². The van der Waals surface area contributed by atoms with Gasteiger partial charge in [0.15, 0.2) is 0 Å². The van der Waals surface area contributed by atoms with E-state index >= 15 is 0 Å². The van der Waals surface area contributed by atoms with Crippen molar-refractivity contribution in [2.75, 3.05) is 13.6 Å². The number of carbonyl (C=O) groups is 1. The maximum absolute atomic E-state index is 12.4. The Balaban J connectivity index is 3.03. The molecule has 1 amide bonds. The fraction of sp³-hybridized carbons (Fsp3) is 0.533. The molecule has 0 aromatic heterocycles. The maximum atomic E-state index is 12.4. The molecule has 0 fully saturated rings. The highest BCUT2D eigenvalue weighted by molar-refractivity contribution is 7.89. The second kappa shape index (κ2) is 7.56. The lowest BCUT2D eigenvalue weighted by atomic mass is 10.2. The molecule has 0 saturated heterocycles. The van der Waals surface area contributed by atoms with Crippen LogP contribution in [0, 0.1) is 0 Å². The van der Waals surface area contributed by atoms with Crippen LogP contribution in [-0.4, -0.2) is 38.3 Å². The topological polar surface area (TPSA) is 66.5 Å². The molecule has 1 aromatic rings. The summed E-state index contributed by atoms with van der Waals surface area (Å²) in [5, 5.41) is 2.83. The van der Waals surface area contributed by atoms with Gasteiger partial charge in [-0.2, -0.15) is 0 Å². The molecule has 1 rings (SSSR count). The van der Waals surface area contributed by atoms with E-state index in [1.807, 2.05) is 20.8 Å². The van der Waals surface area contributed by atoms with Gasteiger partial charge in [-0.1, -0.05) is 19.9 Å². The normalized spacial score (nSPS) is 13.2. The summed E-state index contributed by atoms with van der Waals surface area (Å²) in [5.41, 5.74) is 0.362. The maximum Gasteiger partial charge on any atom is 0.251 e. The number of sulfonamides is 1. The molecule has 118 valence electrons. The highest BCUT2D eigenvalue weighted by Gasteiger charge is 2.21. The van der Waals surface area contributed by atoms with Crippen molar-refractivity contribution in [3.8, 4) is 0 Å². The number of carbonyl (C=O) groups excluding carboxylic acids is 1. The number of hydrogen-bond donors (Lipinski definition) is 1. The van der Waals surface area contributed by atoms with E-state index in [1.165, 1.54) is 16.4 Å². The van der Waals surface area contributed by atoms with Gasteiger partial charge in [0.25, 0.3) is 5.91 Å². The highest BCUT2D eigenvalue weighted by Crippen LogP contribution is 2.16. The summed E-state index contributed by atoms with van der Waals surface area (Å²) in [6, 6.07) is 6.22. The molecule has 0 aliphatic rings. The predicted octanol–water partition coefficient (Wildman–Crippen LogP) is 2.25. The van der Waals surface area contributed by atoms with Crippen LogP contribution < -0.4 is 5.32 Å². The van der Waals surface area contributed by atoms with Crippen molar-refractivity contribution in [3.63, 3.8) is 0 Å². The zero-order valence-corrected chi connectivity index (χ0v) is 13.9. The Hall–Kier alpha value is -1.40. The summed E-state index contributed by atoms with van der Waals surface area (Å²) >= 11 is 0. The molecule has 0 spiro atoms. The minimum atomic E-state index is -3.54. The zero-order valence-electron chi connectivity index (χ0n) is 13.1. The third-order valence-electron chi connectivity index (χ3n) is 3.33. The summed E-state index contributed by atoms with van der Waals surface area (Å²) in [4.78, 5) is 12.2. The van der Waals surface area contributed by atoms with E-state index in [1.54, 1.807) is 19.2 Å². The summed E-state index contributed by atoms with van der Waals surface area (Å²) in [7, 11) is -1.99. The minimum Gasteiger partial charge on any atom is -0.350 e. The molecule has 0 heterocycles. The highest BCUT2D eigenvalue weighted by atomic mass is 32.2. The molecule has 0 saturated carbocycles. The SMILES string of the molecule is CCCN(C)S(=O)(=O)c1cccc(C(=O)NC(C)CC)c1. The summed E-state index contributed by atoms with van der Waals surface area (Å²) < 4.78 is 26.0. The zero-order chi connectivity index (χ0) is 16.0. The molecule has 0 bridgehead atoms. The van der Waals surface area contributed by atoms with E-state index in [0.29, 0.717) is 12.1 Å². The average molecular weight is 312 g/mol. The predicted molar refractivity (Wildman–Crippen MR) is 83.8 cm³/mol. The third kappa shape index (κ3) is 4.54. The fourth-order valence-electron chi connectivity index (χ4n) is 1.82. The van der Waals surface area contributed by atoms with Crippen LogP contribution in [0.1, 0.15) is 44.0 Å². The van der Waals surface area contributed by atoms with Crippen LogP contribution in [0.15, 0.2) is 29.2 Å². The van der Waals surface area contributed by atoms with Crippen molar-refractivity contribution >= 4 is 15.9 Å². The second-order valence-electron chi connectivity index (χ2n) is 5.14. The molecule has 0 radical (unpaired) electrons. The number of benzene rings is 1. The first-order valence-electron chi connectivity index (χ1n) is 7.20. The van der Waals surface area contributed by atoms with Gasteiger partial charge in [-0.25, -0.2) is 12.7 Å². The van der Waals surface area contributed by atoms with Crippen molar-refractivity contribution in [3.05, 3.63) is 29.8 Å². The van der Waals surface area contributed by atoms with Crippen LogP contribution in [0.25, 0.3) is 0 Å². The van der Waals surface area contributed by atoms with E-state index in [2.05, 4.69) is 5.32 Å². The van der Waals surface area contributed by atoms with Crippen LogP contribution in [-0.2, 0) is 10.0 Å². The lowest BCUT2D eigenvalue weighted by Gasteiger charge is -2.17. The Kier molecular flexibility index (Phi) is 6.36. The Bertz CT molecular complexity index is 584. The molecular weight excluding hydrogens is 288 g/mol. The van der Waals surface area contributed by atoms with Gasteiger partial charge in [-0.15, -0.1) is 0 Å². The van der Waals surface area contributed by atoms with Gasteiger partial charge in [0.1, 0.15) is 0 Å². The quantitative estimate of drug-likeness (QED) is 0.839. The van der Waals surface area contributed by atoms with Crippen LogP contribution in [0.4, 0.5) is 0 Å². The summed E-state index contributed by atoms with van der Waals surface area (Å²) in [6.07, 6.45) is 1.56. The largest absolute Gasteiger partial charge is 0.350 e. The Morgan fingerprint density at radius 2 is 2.00 bits per heavy atom. The summed E-state index contributed by atoms with van der Waals surface area (Å²) in [6.45, 7) is 6.26. The minimum absolute atomic E-state index is 0.0560. The first kappa shape index (κ1) is 17.7. The van der Waals surface area contributed by atoms with Gasteiger partial charge in [-0.3, -0.25) is 4.79 Å². The lowest BCUT2D eigenvalue weighted by molar-refractivity contribution is 0.0939. The van der Waals surface area contributed by atoms with Gasteiger partial charge < -0.3 is 5.32 Å². The number of hydrogen-bond acceptors (Lipinski definition) is 3. The van der Waals surface area contributed by atoms with Gasteiger partial charge in [0.2, 0.25) is 10.0 Å². The van der Waals surface area contributed by atoms with Gasteiger partial charge in [0, 0.05) is 25.2 Å². The molecule has 6 heteroatoms. The van der Waals surface area contributed by atoms with Crippen molar-refractivity contribution in [1.29, 1.82) is 0 Å². The van der Waals surface area contributed by atoms with Crippen molar-refractivity contribution in [1.82, 2.24) is 9.62 Å². The third-order valence-corrected chi connectivity index (χ3v) is 5.19.